The monoisotopic (exact) mass is 329 g/mol. The Bertz CT molecular complexity index is 694. The zero-order valence-electron chi connectivity index (χ0n) is 11.6. The normalized spacial score (nSPS) is 11.5. The van der Waals surface area contributed by atoms with E-state index >= 15 is 0 Å². The second kappa shape index (κ2) is 7.57. The third-order valence-electron chi connectivity index (χ3n) is 2.53. The number of methoxy groups -OCH3 is 1. The van der Waals surface area contributed by atoms with E-state index in [1.807, 2.05) is 0 Å². The van der Waals surface area contributed by atoms with Crippen LogP contribution in [0.3, 0.4) is 0 Å². The van der Waals surface area contributed by atoms with Gasteiger partial charge >= 0.3 is 11.9 Å². The molecule has 0 fully saturated rings. The van der Waals surface area contributed by atoms with E-state index in [-0.39, 0.29) is 23.6 Å². The Morgan fingerprint density at radius 3 is 2.55 bits per heavy atom. The minimum atomic E-state index is -3.98. The number of benzene rings is 1. The predicted octanol–water partition coefficient (Wildman–Crippen LogP) is 0.546. The second-order valence-electron chi connectivity index (χ2n) is 4.12. The van der Waals surface area contributed by atoms with E-state index in [4.69, 9.17) is 14.9 Å². The highest BCUT2D eigenvalue weighted by Gasteiger charge is 2.19. The van der Waals surface area contributed by atoms with Crippen LogP contribution in [0.2, 0.25) is 0 Å². The van der Waals surface area contributed by atoms with Crippen molar-refractivity contribution in [2.45, 2.75) is 11.3 Å². The Labute approximate surface area is 127 Å². The van der Waals surface area contributed by atoms with Gasteiger partial charge in [0.25, 0.3) is 0 Å². The number of sulfonamides is 1. The van der Waals surface area contributed by atoms with Gasteiger partial charge in [-0.05, 0) is 23.8 Å². The molecule has 0 atom stereocenters. The molecule has 0 saturated carbocycles. The van der Waals surface area contributed by atoms with Crippen molar-refractivity contribution in [2.75, 3.05) is 13.7 Å². The lowest BCUT2D eigenvalue weighted by molar-refractivity contribution is -0.137. The van der Waals surface area contributed by atoms with Crippen molar-refractivity contribution in [2.24, 2.45) is 0 Å². The molecule has 1 rings (SSSR count). The predicted molar refractivity (Wildman–Crippen MR) is 77.1 cm³/mol. The Kier molecular flexibility index (Phi) is 6.08. The van der Waals surface area contributed by atoms with Crippen molar-refractivity contribution in [3.05, 3.63) is 29.8 Å². The first-order valence-corrected chi connectivity index (χ1v) is 7.55. The van der Waals surface area contributed by atoms with Crippen LogP contribution in [-0.2, 0) is 19.6 Å². The molecular weight excluding hydrogens is 314 g/mol. The highest BCUT2D eigenvalue weighted by molar-refractivity contribution is 7.89. The number of carboxylic acids is 2. The minimum absolute atomic E-state index is 0.0651. The molecule has 1 aromatic carbocycles. The van der Waals surface area contributed by atoms with Gasteiger partial charge in [0.1, 0.15) is 10.6 Å². The van der Waals surface area contributed by atoms with Crippen molar-refractivity contribution >= 4 is 28.0 Å². The molecule has 22 heavy (non-hydrogen) atoms. The van der Waals surface area contributed by atoms with Gasteiger partial charge in [-0.25, -0.2) is 17.9 Å². The zero-order chi connectivity index (χ0) is 16.8. The smallest absolute Gasteiger partial charge is 0.328 e. The van der Waals surface area contributed by atoms with Crippen LogP contribution in [0.5, 0.6) is 5.75 Å². The lowest BCUT2D eigenvalue weighted by Crippen LogP contribution is -2.26. The van der Waals surface area contributed by atoms with Gasteiger partial charge in [0.05, 0.1) is 13.5 Å². The minimum Gasteiger partial charge on any atom is -0.495 e. The van der Waals surface area contributed by atoms with Gasteiger partial charge in [0.2, 0.25) is 10.0 Å². The third-order valence-corrected chi connectivity index (χ3v) is 4.01. The Morgan fingerprint density at radius 1 is 1.32 bits per heavy atom. The molecule has 0 spiro atoms. The summed E-state index contributed by atoms with van der Waals surface area (Å²) in [6, 6.07) is 4.11. The van der Waals surface area contributed by atoms with Crippen LogP contribution in [0.4, 0.5) is 0 Å². The topological polar surface area (TPSA) is 130 Å². The fourth-order valence-electron chi connectivity index (χ4n) is 1.54. The molecule has 0 aromatic heterocycles. The van der Waals surface area contributed by atoms with Gasteiger partial charge < -0.3 is 14.9 Å². The maximum atomic E-state index is 12.2. The molecule has 0 saturated heterocycles. The Hall–Kier alpha value is -2.39. The number of hydrogen-bond acceptors (Lipinski definition) is 5. The maximum absolute atomic E-state index is 12.2. The number of carboxylic acid groups (broad SMARTS) is 2. The van der Waals surface area contributed by atoms with E-state index in [0.29, 0.717) is 5.56 Å². The summed E-state index contributed by atoms with van der Waals surface area (Å²) in [5, 5.41) is 17.1. The highest BCUT2D eigenvalue weighted by Crippen LogP contribution is 2.25. The average Bonchev–Trinajstić information content (AvgIpc) is 2.44. The first-order valence-electron chi connectivity index (χ1n) is 6.07. The number of nitrogens with one attached hydrogen (secondary N) is 1. The average molecular weight is 329 g/mol. The van der Waals surface area contributed by atoms with Crippen LogP contribution < -0.4 is 9.46 Å². The number of aliphatic carboxylic acids is 2. The molecule has 3 N–H and O–H groups in total. The molecule has 1 aromatic rings. The third kappa shape index (κ3) is 5.19. The number of hydrogen-bond donors (Lipinski definition) is 3. The molecule has 0 aliphatic rings. The lowest BCUT2D eigenvalue weighted by atomic mass is 10.2. The van der Waals surface area contributed by atoms with E-state index in [9.17, 15) is 18.0 Å². The number of ether oxygens (including phenoxy) is 1. The first-order chi connectivity index (χ1) is 10.3. The van der Waals surface area contributed by atoms with Gasteiger partial charge in [0, 0.05) is 12.6 Å². The number of rotatable bonds is 8. The van der Waals surface area contributed by atoms with Gasteiger partial charge in [0.15, 0.2) is 0 Å². The molecule has 0 heterocycles. The summed E-state index contributed by atoms with van der Waals surface area (Å²) in [6.07, 6.45) is 1.74. The Balaban J connectivity index is 3.11. The summed E-state index contributed by atoms with van der Waals surface area (Å²) in [6.45, 7) is -0.268. The van der Waals surface area contributed by atoms with E-state index in [2.05, 4.69) is 4.72 Å². The van der Waals surface area contributed by atoms with Crippen molar-refractivity contribution in [1.82, 2.24) is 4.72 Å². The zero-order valence-corrected chi connectivity index (χ0v) is 12.5. The van der Waals surface area contributed by atoms with Crippen LogP contribution in [0.15, 0.2) is 29.2 Å². The standard InChI is InChI=1S/C13H15NO7S/c1-21-10-4-2-9(3-5-12(15)16)8-11(10)22(19,20)14-7-6-13(17)18/h2-5,8,14H,6-7H2,1H3,(H,15,16)(H,17,18)/b5-3-. The van der Waals surface area contributed by atoms with Crippen LogP contribution in [0.25, 0.3) is 6.08 Å². The summed E-state index contributed by atoms with van der Waals surface area (Å²) in [7, 11) is -2.69. The van der Waals surface area contributed by atoms with Crippen molar-refractivity contribution in [3.8, 4) is 5.75 Å². The molecule has 0 radical (unpaired) electrons. The second-order valence-corrected chi connectivity index (χ2v) is 5.86. The molecule has 8 nitrogen and oxygen atoms in total. The molecule has 9 heteroatoms. The summed E-state index contributed by atoms with van der Waals surface area (Å²) < 4.78 is 31.4. The van der Waals surface area contributed by atoms with Crippen LogP contribution >= 0.6 is 0 Å². The Morgan fingerprint density at radius 2 is 2.00 bits per heavy atom. The summed E-state index contributed by atoms with van der Waals surface area (Å²) in [4.78, 5) is 20.7. The van der Waals surface area contributed by atoms with Gasteiger partial charge in [-0.1, -0.05) is 6.07 Å². The van der Waals surface area contributed by atoms with Crippen molar-refractivity contribution in [3.63, 3.8) is 0 Å². The van der Waals surface area contributed by atoms with Crippen molar-refractivity contribution < 1.29 is 33.0 Å². The highest BCUT2D eigenvalue weighted by atomic mass is 32.2. The van der Waals surface area contributed by atoms with E-state index < -0.39 is 22.0 Å². The number of carbonyl (C=O) groups is 2. The van der Waals surface area contributed by atoms with E-state index in [1.54, 1.807) is 0 Å². The van der Waals surface area contributed by atoms with Crippen LogP contribution in [-0.4, -0.2) is 44.2 Å². The van der Waals surface area contributed by atoms with E-state index in [1.165, 1.54) is 31.4 Å². The van der Waals surface area contributed by atoms with E-state index in [0.717, 1.165) is 6.08 Å². The van der Waals surface area contributed by atoms with Crippen molar-refractivity contribution in [1.29, 1.82) is 0 Å². The molecule has 0 amide bonds. The van der Waals surface area contributed by atoms with Gasteiger partial charge in [-0.3, -0.25) is 4.79 Å². The molecular formula is C13H15NO7S. The fraction of sp³-hybridized carbons (Fsp3) is 0.231. The van der Waals surface area contributed by atoms with Gasteiger partial charge in [-0.2, -0.15) is 0 Å². The maximum Gasteiger partial charge on any atom is 0.328 e. The molecule has 0 aliphatic carbocycles. The summed E-state index contributed by atoms with van der Waals surface area (Å²) in [5.74, 6) is -2.23. The first kappa shape index (κ1) is 17.7. The molecule has 0 bridgehead atoms. The SMILES string of the molecule is COc1ccc(/C=C\C(=O)O)cc1S(=O)(=O)NCCC(=O)O. The molecule has 0 unspecified atom stereocenters. The summed E-state index contributed by atoms with van der Waals surface area (Å²) >= 11 is 0. The van der Waals surface area contributed by atoms with Crippen LogP contribution in [0, 0.1) is 0 Å². The van der Waals surface area contributed by atoms with Crippen LogP contribution in [0.1, 0.15) is 12.0 Å². The summed E-state index contributed by atoms with van der Waals surface area (Å²) in [5.41, 5.74) is 0.349. The molecule has 0 aliphatic heterocycles. The largest absolute Gasteiger partial charge is 0.495 e. The van der Waals surface area contributed by atoms with Gasteiger partial charge in [-0.15, -0.1) is 0 Å². The fourth-order valence-corrected chi connectivity index (χ4v) is 2.78. The molecule has 120 valence electrons. The quantitative estimate of drug-likeness (QED) is 0.594. The lowest BCUT2D eigenvalue weighted by Gasteiger charge is -2.11.